The quantitative estimate of drug-likeness (QED) is 0.659. The minimum atomic E-state index is -0.150. The molecule has 0 atom stereocenters. The molecular weight excluding hydrogens is 359 g/mol. The van der Waals surface area contributed by atoms with Crippen molar-refractivity contribution in [3.05, 3.63) is 75.8 Å². The Bertz CT molecular complexity index is 893. The van der Waals surface area contributed by atoms with Crippen LogP contribution in [0.1, 0.15) is 21.6 Å². The largest absolute Gasteiger partial charge is 0.324 e. The number of aryl methyl sites for hydroxylation is 1. The van der Waals surface area contributed by atoms with Gasteiger partial charge in [-0.25, -0.2) is 9.97 Å². The second-order valence-corrected chi connectivity index (χ2v) is 6.23. The van der Waals surface area contributed by atoms with Crippen LogP contribution in [-0.2, 0) is 6.42 Å². The van der Waals surface area contributed by atoms with Crippen LogP contribution in [-0.4, -0.2) is 20.7 Å². The summed E-state index contributed by atoms with van der Waals surface area (Å²) in [5.74, 6) is 1.01. The van der Waals surface area contributed by atoms with Crippen LogP contribution < -0.4 is 5.32 Å². The van der Waals surface area contributed by atoms with E-state index in [9.17, 15) is 4.79 Å². The number of aromatic nitrogens is 3. The molecule has 1 aromatic carbocycles. The van der Waals surface area contributed by atoms with Gasteiger partial charge in [0, 0.05) is 12.6 Å². The molecule has 2 heterocycles. The van der Waals surface area contributed by atoms with Gasteiger partial charge in [-0.3, -0.25) is 9.78 Å². The van der Waals surface area contributed by atoms with E-state index in [4.69, 9.17) is 23.2 Å². The average Bonchev–Trinajstić information content (AvgIpc) is 2.57. The SMILES string of the molecule is Cc1cnc(Nc2cc(CC(=O)c3c(Cl)cccc3Cl)ccn2)cn1. The predicted octanol–water partition coefficient (Wildman–Crippen LogP) is 4.66. The Morgan fingerprint density at radius 3 is 2.48 bits per heavy atom. The first-order valence-corrected chi connectivity index (χ1v) is 8.26. The monoisotopic (exact) mass is 372 g/mol. The zero-order valence-corrected chi connectivity index (χ0v) is 14.8. The third-order valence-corrected chi connectivity index (χ3v) is 4.10. The van der Waals surface area contributed by atoms with Crippen molar-refractivity contribution in [2.75, 3.05) is 5.32 Å². The Hall–Kier alpha value is -2.50. The van der Waals surface area contributed by atoms with Gasteiger partial charge in [-0.15, -0.1) is 0 Å². The van der Waals surface area contributed by atoms with Crippen LogP contribution >= 0.6 is 23.2 Å². The van der Waals surface area contributed by atoms with E-state index in [1.165, 1.54) is 0 Å². The number of rotatable bonds is 5. The van der Waals surface area contributed by atoms with Gasteiger partial charge in [0.1, 0.15) is 11.6 Å². The molecule has 2 aromatic heterocycles. The van der Waals surface area contributed by atoms with Crippen LogP contribution in [0, 0.1) is 6.92 Å². The fourth-order valence-electron chi connectivity index (χ4n) is 2.28. The van der Waals surface area contributed by atoms with E-state index in [-0.39, 0.29) is 12.2 Å². The van der Waals surface area contributed by atoms with E-state index in [1.54, 1.807) is 48.9 Å². The van der Waals surface area contributed by atoms with Crippen molar-refractivity contribution in [3.8, 4) is 0 Å². The van der Waals surface area contributed by atoms with E-state index in [1.807, 2.05) is 6.92 Å². The lowest BCUT2D eigenvalue weighted by atomic mass is 10.0. The van der Waals surface area contributed by atoms with Crippen LogP contribution in [0.3, 0.4) is 0 Å². The molecule has 25 heavy (non-hydrogen) atoms. The predicted molar refractivity (Wildman–Crippen MR) is 98.8 cm³/mol. The smallest absolute Gasteiger partial charge is 0.170 e. The molecular formula is C18H14Cl2N4O. The third kappa shape index (κ3) is 4.32. The molecule has 126 valence electrons. The number of ketones is 1. The van der Waals surface area contributed by atoms with Gasteiger partial charge in [0.2, 0.25) is 0 Å². The highest BCUT2D eigenvalue weighted by atomic mass is 35.5. The van der Waals surface area contributed by atoms with Crippen LogP contribution in [0.4, 0.5) is 11.6 Å². The van der Waals surface area contributed by atoms with Crippen LogP contribution in [0.2, 0.25) is 10.0 Å². The highest BCUT2D eigenvalue weighted by Crippen LogP contribution is 2.26. The number of carbonyl (C=O) groups is 1. The molecule has 5 nitrogen and oxygen atoms in total. The first kappa shape index (κ1) is 17.3. The molecule has 0 aliphatic rings. The zero-order chi connectivity index (χ0) is 17.8. The molecule has 7 heteroatoms. The molecule has 0 radical (unpaired) electrons. The molecule has 0 saturated carbocycles. The number of anilines is 2. The zero-order valence-electron chi connectivity index (χ0n) is 13.3. The molecule has 3 aromatic rings. The Labute approximate surface area is 155 Å². The van der Waals surface area contributed by atoms with E-state index in [0.717, 1.165) is 11.3 Å². The summed E-state index contributed by atoms with van der Waals surface area (Å²) in [5, 5.41) is 3.75. The highest BCUT2D eigenvalue weighted by Gasteiger charge is 2.15. The number of Topliss-reactive ketones (excluding diaryl/α,β-unsaturated/α-hetero) is 1. The van der Waals surface area contributed by atoms with E-state index >= 15 is 0 Å². The summed E-state index contributed by atoms with van der Waals surface area (Å²) in [7, 11) is 0. The standard InChI is InChI=1S/C18H14Cl2N4O/c1-11-9-23-17(10-22-11)24-16-8-12(5-6-21-16)7-15(25)18-13(19)3-2-4-14(18)20/h2-6,8-10H,7H2,1H3,(H,21,23,24). The Kier molecular flexibility index (Phi) is 5.26. The Balaban J connectivity index is 1.77. The van der Waals surface area contributed by atoms with Crippen LogP contribution in [0.15, 0.2) is 48.9 Å². The van der Waals surface area contributed by atoms with Crippen LogP contribution in [0.5, 0.6) is 0 Å². The fourth-order valence-corrected chi connectivity index (χ4v) is 2.89. The molecule has 0 saturated heterocycles. The molecule has 0 bridgehead atoms. The van der Waals surface area contributed by atoms with Gasteiger partial charge in [0.15, 0.2) is 5.78 Å². The summed E-state index contributed by atoms with van der Waals surface area (Å²) >= 11 is 12.2. The molecule has 0 fully saturated rings. The molecule has 0 unspecified atom stereocenters. The fraction of sp³-hybridized carbons (Fsp3) is 0.111. The summed E-state index contributed by atoms with van der Waals surface area (Å²) in [6, 6.07) is 8.56. The molecule has 1 N–H and O–H groups in total. The Morgan fingerprint density at radius 2 is 1.80 bits per heavy atom. The highest BCUT2D eigenvalue weighted by molar-refractivity contribution is 6.39. The molecule has 0 spiro atoms. The lowest BCUT2D eigenvalue weighted by Gasteiger charge is -2.08. The van der Waals surface area contributed by atoms with Crippen molar-refractivity contribution in [1.29, 1.82) is 0 Å². The van der Waals surface area contributed by atoms with E-state index in [2.05, 4.69) is 20.3 Å². The maximum Gasteiger partial charge on any atom is 0.170 e. The second-order valence-electron chi connectivity index (χ2n) is 5.41. The minimum Gasteiger partial charge on any atom is -0.324 e. The van der Waals surface area contributed by atoms with Crippen molar-refractivity contribution >= 4 is 40.6 Å². The second kappa shape index (κ2) is 7.59. The molecule has 0 amide bonds. The van der Waals surface area contributed by atoms with Gasteiger partial charge in [0.25, 0.3) is 0 Å². The number of benzene rings is 1. The van der Waals surface area contributed by atoms with Gasteiger partial charge < -0.3 is 5.32 Å². The normalized spacial score (nSPS) is 10.5. The lowest BCUT2D eigenvalue weighted by molar-refractivity contribution is 0.0993. The van der Waals surface area contributed by atoms with Crippen molar-refractivity contribution in [1.82, 2.24) is 15.0 Å². The van der Waals surface area contributed by atoms with Crippen molar-refractivity contribution in [2.45, 2.75) is 13.3 Å². The van der Waals surface area contributed by atoms with Gasteiger partial charge in [-0.05, 0) is 36.8 Å². The maximum absolute atomic E-state index is 12.5. The minimum absolute atomic E-state index is 0.150. The number of nitrogens with zero attached hydrogens (tertiary/aromatic N) is 3. The van der Waals surface area contributed by atoms with E-state index in [0.29, 0.717) is 27.2 Å². The summed E-state index contributed by atoms with van der Waals surface area (Å²) in [5.41, 5.74) is 1.95. The van der Waals surface area contributed by atoms with Gasteiger partial charge in [0.05, 0.1) is 33.7 Å². The first-order chi connectivity index (χ1) is 12.0. The first-order valence-electron chi connectivity index (χ1n) is 7.51. The topological polar surface area (TPSA) is 67.8 Å². The maximum atomic E-state index is 12.5. The summed E-state index contributed by atoms with van der Waals surface area (Å²) in [4.78, 5) is 25.1. The van der Waals surface area contributed by atoms with Crippen molar-refractivity contribution in [3.63, 3.8) is 0 Å². The number of carbonyl (C=O) groups excluding carboxylic acids is 1. The Morgan fingerprint density at radius 1 is 1.04 bits per heavy atom. The van der Waals surface area contributed by atoms with Gasteiger partial charge in [-0.1, -0.05) is 29.3 Å². The number of pyridine rings is 1. The van der Waals surface area contributed by atoms with Crippen molar-refractivity contribution < 1.29 is 4.79 Å². The van der Waals surface area contributed by atoms with Gasteiger partial charge in [-0.2, -0.15) is 0 Å². The van der Waals surface area contributed by atoms with E-state index < -0.39 is 0 Å². The number of nitrogens with one attached hydrogen (secondary N) is 1. The lowest BCUT2D eigenvalue weighted by Crippen LogP contribution is -2.06. The number of halogens is 2. The summed E-state index contributed by atoms with van der Waals surface area (Å²) < 4.78 is 0. The number of hydrogen-bond donors (Lipinski definition) is 1. The van der Waals surface area contributed by atoms with Crippen molar-refractivity contribution in [2.24, 2.45) is 0 Å². The summed E-state index contributed by atoms with van der Waals surface area (Å²) in [6.07, 6.45) is 5.08. The molecule has 0 aliphatic carbocycles. The molecule has 0 aliphatic heterocycles. The molecule has 3 rings (SSSR count). The van der Waals surface area contributed by atoms with Crippen LogP contribution in [0.25, 0.3) is 0 Å². The van der Waals surface area contributed by atoms with Gasteiger partial charge >= 0.3 is 0 Å². The summed E-state index contributed by atoms with van der Waals surface area (Å²) in [6.45, 7) is 1.86. The third-order valence-electron chi connectivity index (χ3n) is 3.47. The average molecular weight is 373 g/mol. The number of hydrogen-bond acceptors (Lipinski definition) is 5.